The number of aryl methyl sites for hydroxylation is 1. The van der Waals surface area contributed by atoms with Gasteiger partial charge in [0.05, 0.1) is 13.2 Å². The number of carbonyl (C=O) groups excluding carboxylic acids is 2. The summed E-state index contributed by atoms with van der Waals surface area (Å²) in [4.78, 5) is 23.2. The number of imide groups is 1. The number of fused-ring (bicyclic) bond motifs is 1. The number of carbonyl (C=O) groups is 2. The standard InChI is InChI=1S/C28H32N2O4/c1-17-14-21-22(27(4,5)11-10-26(21,2)3)16-20(17)28(33-12-13-34-28)19-8-6-18(7-9-19)15-23-24(31)30-25(32)29-23/h6-9,14-16H,10-13H2,1-5H3,(H2,29,30,31,32)/b23-15-. The summed E-state index contributed by atoms with van der Waals surface area (Å²) in [7, 11) is 0. The summed E-state index contributed by atoms with van der Waals surface area (Å²) in [5.74, 6) is -1.40. The first kappa shape index (κ1) is 22.8. The molecule has 178 valence electrons. The van der Waals surface area contributed by atoms with E-state index in [1.807, 2.05) is 24.3 Å². The second-order valence-corrected chi connectivity index (χ2v) is 10.9. The van der Waals surface area contributed by atoms with E-state index in [1.54, 1.807) is 6.08 Å². The first-order chi connectivity index (χ1) is 16.0. The van der Waals surface area contributed by atoms with E-state index >= 15 is 0 Å². The summed E-state index contributed by atoms with van der Waals surface area (Å²) < 4.78 is 12.7. The van der Waals surface area contributed by atoms with Crippen LogP contribution in [-0.2, 0) is 30.9 Å². The number of amides is 3. The summed E-state index contributed by atoms with van der Waals surface area (Å²) in [6, 6.07) is 11.9. The molecule has 3 aliphatic rings. The third-order valence-electron chi connectivity index (χ3n) is 7.57. The minimum absolute atomic E-state index is 0.0788. The van der Waals surface area contributed by atoms with Crippen molar-refractivity contribution in [3.8, 4) is 0 Å². The molecular weight excluding hydrogens is 428 g/mol. The lowest BCUT2D eigenvalue weighted by atomic mass is 9.62. The number of rotatable bonds is 3. The van der Waals surface area contributed by atoms with Gasteiger partial charge in [-0.1, -0.05) is 58.0 Å². The van der Waals surface area contributed by atoms with Crippen molar-refractivity contribution in [1.82, 2.24) is 10.6 Å². The fourth-order valence-corrected chi connectivity index (χ4v) is 5.41. The highest BCUT2D eigenvalue weighted by Crippen LogP contribution is 2.49. The van der Waals surface area contributed by atoms with Crippen LogP contribution in [0.1, 0.15) is 73.9 Å². The molecule has 0 unspecified atom stereocenters. The van der Waals surface area contributed by atoms with Crippen molar-refractivity contribution >= 4 is 18.0 Å². The van der Waals surface area contributed by atoms with E-state index in [1.165, 1.54) is 17.5 Å². The Morgan fingerprint density at radius 3 is 1.97 bits per heavy atom. The molecule has 6 nitrogen and oxygen atoms in total. The molecule has 0 atom stereocenters. The van der Waals surface area contributed by atoms with Crippen LogP contribution in [0.15, 0.2) is 42.1 Å². The lowest BCUT2D eigenvalue weighted by molar-refractivity contribution is -0.130. The summed E-state index contributed by atoms with van der Waals surface area (Å²) in [5.41, 5.74) is 7.13. The van der Waals surface area contributed by atoms with Gasteiger partial charge >= 0.3 is 6.03 Å². The number of hydrogen-bond donors (Lipinski definition) is 2. The van der Waals surface area contributed by atoms with Crippen molar-refractivity contribution in [1.29, 1.82) is 0 Å². The Morgan fingerprint density at radius 2 is 1.41 bits per heavy atom. The van der Waals surface area contributed by atoms with Gasteiger partial charge in [-0.25, -0.2) is 4.79 Å². The molecule has 0 spiro atoms. The maximum absolute atomic E-state index is 11.9. The van der Waals surface area contributed by atoms with Gasteiger partial charge in [-0.15, -0.1) is 0 Å². The number of hydrogen-bond acceptors (Lipinski definition) is 4. The fraction of sp³-hybridized carbons (Fsp3) is 0.429. The van der Waals surface area contributed by atoms with E-state index in [2.05, 4.69) is 57.4 Å². The Balaban J connectivity index is 1.58. The Kier molecular flexibility index (Phi) is 5.22. The molecule has 6 heteroatoms. The number of urea groups is 1. The second-order valence-electron chi connectivity index (χ2n) is 10.9. The van der Waals surface area contributed by atoms with Gasteiger partial charge in [0.2, 0.25) is 5.79 Å². The Morgan fingerprint density at radius 1 is 0.824 bits per heavy atom. The molecule has 34 heavy (non-hydrogen) atoms. The third-order valence-corrected chi connectivity index (χ3v) is 7.57. The summed E-state index contributed by atoms with van der Waals surface area (Å²) in [5, 5.41) is 4.73. The average Bonchev–Trinajstić information content (AvgIpc) is 3.39. The van der Waals surface area contributed by atoms with Crippen LogP contribution in [0.2, 0.25) is 0 Å². The van der Waals surface area contributed by atoms with Crippen molar-refractivity contribution in [2.75, 3.05) is 13.2 Å². The molecule has 2 fully saturated rings. The van der Waals surface area contributed by atoms with Crippen LogP contribution in [0.5, 0.6) is 0 Å². The molecule has 3 amide bonds. The lowest BCUT2D eigenvalue weighted by Crippen LogP contribution is -2.36. The highest BCUT2D eigenvalue weighted by Gasteiger charge is 2.45. The molecule has 2 aliphatic heterocycles. The topological polar surface area (TPSA) is 76.7 Å². The molecule has 0 bridgehead atoms. The highest BCUT2D eigenvalue weighted by molar-refractivity contribution is 6.13. The quantitative estimate of drug-likeness (QED) is 0.511. The Labute approximate surface area is 200 Å². The van der Waals surface area contributed by atoms with Crippen molar-refractivity contribution in [3.05, 3.63) is 75.5 Å². The fourth-order valence-electron chi connectivity index (χ4n) is 5.41. The Bertz CT molecular complexity index is 1200. The van der Waals surface area contributed by atoms with E-state index in [4.69, 9.17) is 9.47 Å². The monoisotopic (exact) mass is 460 g/mol. The van der Waals surface area contributed by atoms with Crippen LogP contribution in [0.25, 0.3) is 6.08 Å². The largest absolute Gasteiger partial charge is 0.340 e. The van der Waals surface area contributed by atoms with Crippen LogP contribution < -0.4 is 10.6 Å². The van der Waals surface area contributed by atoms with Crippen molar-refractivity contribution in [2.24, 2.45) is 0 Å². The number of benzene rings is 2. The van der Waals surface area contributed by atoms with E-state index in [-0.39, 0.29) is 16.5 Å². The number of ether oxygens (including phenoxy) is 2. The Hall–Kier alpha value is -2.96. The summed E-state index contributed by atoms with van der Waals surface area (Å²) in [6.07, 6.45) is 3.96. The first-order valence-electron chi connectivity index (χ1n) is 11.9. The van der Waals surface area contributed by atoms with Crippen LogP contribution in [-0.4, -0.2) is 25.2 Å². The van der Waals surface area contributed by atoms with Gasteiger partial charge < -0.3 is 14.8 Å². The molecule has 2 saturated heterocycles. The van der Waals surface area contributed by atoms with Gasteiger partial charge in [0.15, 0.2) is 0 Å². The van der Waals surface area contributed by atoms with Crippen LogP contribution in [0.3, 0.4) is 0 Å². The highest BCUT2D eigenvalue weighted by atomic mass is 16.7. The lowest BCUT2D eigenvalue weighted by Gasteiger charge is -2.43. The minimum atomic E-state index is -0.971. The molecule has 5 rings (SSSR count). The van der Waals surface area contributed by atoms with Gasteiger partial charge in [0.1, 0.15) is 5.70 Å². The van der Waals surface area contributed by atoms with Crippen molar-refractivity contribution < 1.29 is 19.1 Å². The zero-order valence-electron chi connectivity index (χ0n) is 20.5. The van der Waals surface area contributed by atoms with Gasteiger partial charge in [0.25, 0.3) is 5.91 Å². The van der Waals surface area contributed by atoms with Gasteiger partial charge in [-0.05, 0) is 65.0 Å². The maximum atomic E-state index is 11.9. The molecule has 2 heterocycles. The summed E-state index contributed by atoms with van der Waals surface area (Å²) >= 11 is 0. The molecular formula is C28H32N2O4. The van der Waals surface area contributed by atoms with Gasteiger partial charge in [0, 0.05) is 11.1 Å². The molecule has 0 radical (unpaired) electrons. The molecule has 1 aliphatic carbocycles. The van der Waals surface area contributed by atoms with E-state index in [0.717, 1.165) is 28.7 Å². The normalized spacial score (nSPS) is 23.5. The van der Waals surface area contributed by atoms with Crippen LogP contribution >= 0.6 is 0 Å². The predicted octanol–water partition coefficient (Wildman–Crippen LogP) is 4.77. The molecule has 2 N–H and O–H groups in total. The van der Waals surface area contributed by atoms with E-state index in [9.17, 15) is 9.59 Å². The van der Waals surface area contributed by atoms with Gasteiger partial charge in [-0.2, -0.15) is 0 Å². The van der Waals surface area contributed by atoms with Crippen LogP contribution in [0, 0.1) is 6.92 Å². The molecule has 0 saturated carbocycles. The average molecular weight is 461 g/mol. The predicted molar refractivity (Wildman–Crippen MR) is 130 cm³/mol. The number of nitrogens with one attached hydrogen (secondary N) is 2. The zero-order chi connectivity index (χ0) is 24.3. The zero-order valence-corrected chi connectivity index (χ0v) is 20.5. The first-order valence-corrected chi connectivity index (χ1v) is 11.9. The van der Waals surface area contributed by atoms with Crippen molar-refractivity contribution in [3.63, 3.8) is 0 Å². The van der Waals surface area contributed by atoms with E-state index < -0.39 is 17.7 Å². The second kappa shape index (κ2) is 7.79. The van der Waals surface area contributed by atoms with Crippen LogP contribution in [0.4, 0.5) is 4.79 Å². The summed E-state index contributed by atoms with van der Waals surface area (Å²) in [6.45, 7) is 12.5. The van der Waals surface area contributed by atoms with Crippen molar-refractivity contribution in [2.45, 2.75) is 64.1 Å². The minimum Gasteiger partial charge on any atom is -0.340 e. The van der Waals surface area contributed by atoms with E-state index in [0.29, 0.717) is 13.2 Å². The molecule has 2 aromatic rings. The molecule has 0 aromatic heterocycles. The molecule has 2 aromatic carbocycles. The third kappa shape index (κ3) is 3.65. The van der Waals surface area contributed by atoms with Gasteiger partial charge in [-0.3, -0.25) is 10.1 Å². The SMILES string of the molecule is Cc1cc2c(cc1C1(c3ccc(/C=C4\NC(=O)NC4=O)cc3)OCCO1)C(C)(C)CCC2(C)C. The smallest absolute Gasteiger partial charge is 0.326 e. The maximum Gasteiger partial charge on any atom is 0.326 e.